The van der Waals surface area contributed by atoms with Crippen molar-refractivity contribution in [2.75, 3.05) is 47.5 Å². The number of likely N-dealkylation sites (N-methyl/N-ethyl adjacent to an activating group) is 1. The Kier molecular flexibility index (Phi) is 28.7. The van der Waals surface area contributed by atoms with Crippen molar-refractivity contribution in [3.8, 4) is 0 Å². The minimum absolute atomic E-state index is 0.186. The van der Waals surface area contributed by atoms with Gasteiger partial charge in [0.05, 0.1) is 34.4 Å². The van der Waals surface area contributed by atoms with Crippen LogP contribution < -0.4 is 0 Å². The van der Waals surface area contributed by atoms with Crippen LogP contribution in [0.5, 0.6) is 0 Å². The molecule has 0 aliphatic heterocycles. The van der Waals surface area contributed by atoms with E-state index in [2.05, 4.69) is 38.2 Å². The maximum atomic E-state index is 12.6. The first kappa shape index (κ1) is 43.8. The van der Waals surface area contributed by atoms with Crippen molar-refractivity contribution in [2.24, 2.45) is 0 Å². The third-order valence-corrected chi connectivity index (χ3v) is 7.44. The summed E-state index contributed by atoms with van der Waals surface area (Å²) in [6.45, 7) is 4.72. The van der Waals surface area contributed by atoms with Gasteiger partial charge >= 0.3 is 17.9 Å². The highest BCUT2D eigenvalue weighted by Gasteiger charge is 2.25. The lowest BCUT2D eigenvalue weighted by Gasteiger charge is -2.25. The summed E-state index contributed by atoms with van der Waals surface area (Å²) in [6, 6.07) is 0. The van der Waals surface area contributed by atoms with Crippen molar-refractivity contribution in [3.05, 3.63) is 24.3 Å². The summed E-state index contributed by atoms with van der Waals surface area (Å²) in [6.07, 6.45) is 25.3. The van der Waals surface area contributed by atoms with Crippen molar-refractivity contribution >= 4 is 17.9 Å². The summed E-state index contributed by atoms with van der Waals surface area (Å²) in [4.78, 5) is 36.7. The number of rotatable bonds is 32. The molecule has 0 heterocycles. The number of quaternary nitrogens is 1. The summed E-state index contributed by atoms with van der Waals surface area (Å²) < 4.78 is 22.5. The molecule has 0 amide bonds. The van der Waals surface area contributed by atoms with Crippen LogP contribution in [0.2, 0.25) is 0 Å². The fourth-order valence-corrected chi connectivity index (χ4v) is 4.58. The van der Waals surface area contributed by atoms with E-state index in [1.807, 2.05) is 21.1 Å². The molecule has 0 saturated carbocycles. The number of carboxylic acid groups (broad SMARTS) is 1. The van der Waals surface area contributed by atoms with Gasteiger partial charge in [0.25, 0.3) is 6.29 Å². The number of hydrogen-bond donors (Lipinski definition) is 1. The van der Waals surface area contributed by atoms with Crippen LogP contribution in [0.15, 0.2) is 24.3 Å². The van der Waals surface area contributed by atoms with Crippen molar-refractivity contribution < 1.29 is 42.9 Å². The van der Waals surface area contributed by atoms with Crippen molar-refractivity contribution in [3.63, 3.8) is 0 Å². The molecule has 2 atom stereocenters. The first-order valence-corrected chi connectivity index (χ1v) is 18.0. The molecule has 0 bridgehead atoms. The van der Waals surface area contributed by atoms with Gasteiger partial charge in [0.15, 0.2) is 6.10 Å². The number of unbranched alkanes of at least 4 members (excludes halogenated alkanes) is 13. The molecular weight excluding hydrogens is 586 g/mol. The summed E-state index contributed by atoms with van der Waals surface area (Å²) in [5, 5.41) is 9.55. The van der Waals surface area contributed by atoms with Gasteiger partial charge in [-0.25, -0.2) is 4.79 Å². The van der Waals surface area contributed by atoms with E-state index in [1.54, 1.807) is 0 Å². The first-order chi connectivity index (χ1) is 22.1. The molecule has 268 valence electrons. The van der Waals surface area contributed by atoms with Gasteiger partial charge in [0.1, 0.15) is 13.2 Å². The normalized spacial score (nSPS) is 13.3. The lowest BCUT2D eigenvalue weighted by molar-refractivity contribution is -0.870. The van der Waals surface area contributed by atoms with Crippen molar-refractivity contribution in [1.82, 2.24) is 0 Å². The predicted octanol–water partition coefficient (Wildman–Crippen LogP) is 8.16. The minimum atomic E-state index is -1.51. The van der Waals surface area contributed by atoms with Crippen LogP contribution in [0.3, 0.4) is 0 Å². The van der Waals surface area contributed by atoms with Crippen molar-refractivity contribution in [2.45, 2.75) is 148 Å². The van der Waals surface area contributed by atoms with Crippen molar-refractivity contribution in [1.29, 1.82) is 0 Å². The summed E-state index contributed by atoms with van der Waals surface area (Å²) >= 11 is 0. The van der Waals surface area contributed by atoms with Gasteiger partial charge in [-0.15, -0.1) is 0 Å². The fraction of sp³-hybridized carbons (Fsp3) is 0.811. The summed E-state index contributed by atoms with van der Waals surface area (Å²) in [5.74, 6) is -2.04. The Labute approximate surface area is 280 Å². The second-order valence-corrected chi connectivity index (χ2v) is 13.2. The molecule has 0 spiro atoms. The molecule has 0 aromatic rings. The van der Waals surface area contributed by atoms with Gasteiger partial charge in [0, 0.05) is 12.8 Å². The van der Waals surface area contributed by atoms with Gasteiger partial charge in [-0.3, -0.25) is 9.59 Å². The zero-order valence-corrected chi connectivity index (χ0v) is 30.0. The Morgan fingerprint density at radius 3 is 1.80 bits per heavy atom. The number of ether oxygens (including phenoxy) is 4. The van der Waals surface area contributed by atoms with Gasteiger partial charge in [0.2, 0.25) is 0 Å². The van der Waals surface area contributed by atoms with Crippen LogP contribution in [0.25, 0.3) is 0 Å². The van der Waals surface area contributed by atoms with Gasteiger partial charge in [-0.2, -0.15) is 0 Å². The number of esters is 2. The van der Waals surface area contributed by atoms with Gasteiger partial charge in [-0.05, 0) is 38.5 Å². The number of aliphatic carboxylic acids is 1. The first-order valence-electron chi connectivity index (χ1n) is 18.0. The lowest BCUT2D eigenvalue weighted by Crippen LogP contribution is -2.40. The Bertz CT molecular complexity index is 821. The predicted molar refractivity (Wildman–Crippen MR) is 184 cm³/mol. The van der Waals surface area contributed by atoms with Crippen LogP contribution in [0.4, 0.5) is 0 Å². The van der Waals surface area contributed by atoms with Gasteiger partial charge < -0.3 is 28.5 Å². The zero-order chi connectivity index (χ0) is 34.3. The largest absolute Gasteiger partial charge is 0.477 e. The Balaban J connectivity index is 4.60. The molecule has 9 heteroatoms. The Morgan fingerprint density at radius 2 is 1.22 bits per heavy atom. The molecule has 0 fully saturated rings. The van der Waals surface area contributed by atoms with E-state index in [4.69, 9.17) is 18.9 Å². The number of allylic oxidation sites excluding steroid dienone is 4. The molecule has 0 aliphatic rings. The molecule has 0 saturated heterocycles. The number of hydrogen-bond acceptors (Lipinski definition) is 7. The molecule has 1 N–H and O–H groups in total. The molecule has 46 heavy (non-hydrogen) atoms. The molecule has 0 radical (unpaired) electrons. The number of carboxylic acids is 1. The Morgan fingerprint density at radius 1 is 0.652 bits per heavy atom. The molecule has 0 aromatic heterocycles. The Hall–Kier alpha value is -2.23. The van der Waals surface area contributed by atoms with Crippen LogP contribution in [-0.4, -0.2) is 87.4 Å². The number of carbonyl (C=O) groups is 3. The third kappa shape index (κ3) is 30.4. The van der Waals surface area contributed by atoms with E-state index < -0.39 is 24.3 Å². The summed E-state index contributed by atoms with van der Waals surface area (Å²) in [7, 11) is 5.93. The summed E-state index contributed by atoms with van der Waals surface area (Å²) in [5.41, 5.74) is 0. The van der Waals surface area contributed by atoms with Crippen LogP contribution in [0.1, 0.15) is 136 Å². The second kappa shape index (κ2) is 30.1. The topological polar surface area (TPSA) is 108 Å². The molecule has 9 nitrogen and oxygen atoms in total. The maximum Gasteiger partial charge on any atom is 0.361 e. The van der Waals surface area contributed by atoms with Crippen LogP contribution in [0, 0.1) is 0 Å². The molecule has 0 rings (SSSR count). The minimum Gasteiger partial charge on any atom is -0.477 e. The highest BCUT2D eigenvalue weighted by Crippen LogP contribution is 2.12. The third-order valence-electron chi connectivity index (χ3n) is 7.44. The highest BCUT2D eigenvalue weighted by atomic mass is 16.7. The number of nitrogens with zero attached hydrogens (tertiary/aromatic N) is 1. The lowest BCUT2D eigenvalue weighted by atomic mass is 10.1. The van der Waals surface area contributed by atoms with Crippen LogP contribution in [-0.2, 0) is 33.3 Å². The molecule has 2 unspecified atom stereocenters. The van der Waals surface area contributed by atoms with E-state index in [0.717, 1.165) is 64.2 Å². The number of carbonyl (C=O) groups excluding carboxylic acids is 2. The molecule has 0 aromatic carbocycles. The quantitative estimate of drug-likeness (QED) is 0.0255. The SMILES string of the molecule is CCC/C=C\C/C=C\CCCCCCCC(=O)OC(COC(=O)CCCCCCCCCC)COC(OCC[N+](C)(C)C)C(=O)O. The highest BCUT2D eigenvalue weighted by molar-refractivity contribution is 5.71. The second-order valence-electron chi connectivity index (χ2n) is 13.2. The van der Waals surface area contributed by atoms with E-state index in [9.17, 15) is 19.5 Å². The molecular formula is C37H68NO8+. The standard InChI is InChI=1S/C37H67NO8/c1-6-8-10-12-14-16-17-18-19-20-22-24-26-28-35(40)46-33(32-45-37(36(41)42)43-30-29-38(3,4)5)31-44-34(39)27-25-23-21-15-13-11-9-7-2/h10,12,16-17,33,37H,6-9,11,13-15,18-32H2,1-5H3/p+1/b12-10-,17-16-. The van der Waals surface area contributed by atoms with Gasteiger partial charge in [-0.1, -0.05) is 109 Å². The zero-order valence-electron chi connectivity index (χ0n) is 30.0. The monoisotopic (exact) mass is 654 g/mol. The van der Waals surface area contributed by atoms with E-state index in [0.29, 0.717) is 23.9 Å². The maximum absolute atomic E-state index is 12.6. The molecule has 0 aliphatic carbocycles. The fourth-order valence-electron chi connectivity index (χ4n) is 4.58. The van der Waals surface area contributed by atoms with E-state index >= 15 is 0 Å². The average Bonchev–Trinajstić information content (AvgIpc) is 3.00. The van der Waals surface area contributed by atoms with E-state index in [-0.39, 0.29) is 32.2 Å². The average molecular weight is 655 g/mol. The smallest absolute Gasteiger partial charge is 0.361 e. The van der Waals surface area contributed by atoms with Crippen LogP contribution >= 0.6 is 0 Å². The van der Waals surface area contributed by atoms with E-state index in [1.165, 1.54) is 38.5 Å².